The number of urea groups is 1. The molecule has 126 valence electrons. The van der Waals surface area contributed by atoms with E-state index in [-0.39, 0.29) is 6.03 Å². The fourth-order valence-corrected chi connectivity index (χ4v) is 2.68. The molecule has 6 nitrogen and oxygen atoms in total. The van der Waals surface area contributed by atoms with Gasteiger partial charge >= 0.3 is 6.03 Å². The van der Waals surface area contributed by atoms with Crippen LogP contribution >= 0.6 is 0 Å². The van der Waals surface area contributed by atoms with E-state index in [0.717, 1.165) is 31.6 Å². The zero-order valence-electron chi connectivity index (χ0n) is 13.9. The van der Waals surface area contributed by atoms with Crippen molar-refractivity contribution in [1.82, 2.24) is 14.9 Å². The number of nitrogens with zero attached hydrogens (tertiary/aromatic N) is 3. The van der Waals surface area contributed by atoms with Crippen LogP contribution in [0.2, 0.25) is 0 Å². The van der Waals surface area contributed by atoms with E-state index < -0.39 is 0 Å². The Morgan fingerprint density at radius 3 is 2.58 bits per heavy atom. The number of ether oxygens (including phenoxy) is 1. The van der Waals surface area contributed by atoms with Crippen LogP contribution in [0.3, 0.4) is 0 Å². The normalized spacial score (nSPS) is 14.8. The molecular weight excluding hydrogens is 304 g/mol. The molecule has 3 rings (SSSR count). The van der Waals surface area contributed by atoms with Gasteiger partial charge in [-0.05, 0) is 38.0 Å². The van der Waals surface area contributed by atoms with Crippen LogP contribution in [0.25, 0.3) is 0 Å². The molecule has 0 radical (unpaired) electrons. The molecule has 0 unspecified atom stereocenters. The average Bonchev–Trinajstić information content (AvgIpc) is 2.88. The monoisotopic (exact) mass is 326 g/mol. The largest absolute Gasteiger partial charge is 0.437 e. The van der Waals surface area contributed by atoms with Crippen molar-refractivity contribution in [2.24, 2.45) is 0 Å². The third-order valence-corrected chi connectivity index (χ3v) is 4.05. The van der Waals surface area contributed by atoms with Gasteiger partial charge in [-0.15, -0.1) is 0 Å². The van der Waals surface area contributed by atoms with Gasteiger partial charge in [0.2, 0.25) is 5.88 Å². The van der Waals surface area contributed by atoms with Crippen LogP contribution in [0.4, 0.5) is 10.5 Å². The molecule has 6 heteroatoms. The first-order chi connectivity index (χ1) is 11.7. The van der Waals surface area contributed by atoms with Crippen LogP contribution in [0, 0.1) is 6.92 Å². The maximum Gasteiger partial charge on any atom is 0.321 e. The van der Waals surface area contributed by atoms with Crippen molar-refractivity contribution < 1.29 is 9.53 Å². The SMILES string of the molecule is Cc1ncccc1Oc1ccc(NC(=O)N2CCCCCC2)cn1. The summed E-state index contributed by atoms with van der Waals surface area (Å²) < 4.78 is 5.71. The Morgan fingerprint density at radius 1 is 1.12 bits per heavy atom. The number of pyridine rings is 2. The Balaban J connectivity index is 1.60. The second kappa shape index (κ2) is 7.77. The molecule has 2 aromatic heterocycles. The minimum Gasteiger partial charge on any atom is -0.437 e. The number of carbonyl (C=O) groups excluding carboxylic acids is 1. The molecule has 1 saturated heterocycles. The van der Waals surface area contributed by atoms with Crippen molar-refractivity contribution in [3.63, 3.8) is 0 Å². The third-order valence-electron chi connectivity index (χ3n) is 4.05. The summed E-state index contributed by atoms with van der Waals surface area (Å²) in [5.74, 6) is 1.14. The maximum absolute atomic E-state index is 12.3. The fourth-order valence-electron chi connectivity index (χ4n) is 2.68. The Bertz CT molecular complexity index is 680. The van der Waals surface area contributed by atoms with Crippen LogP contribution in [0.1, 0.15) is 31.4 Å². The first-order valence-electron chi connectivity index (χ1n) is 8.34. The summed E-state index contributed by atoms with van der Waals surface area (Å²) in [4.78, 5) is 22.6. The van der Waals surface area contributed by atoms with Gasteiger partial charge in [0, 0.05) is 25.4 Å². The molecule has 24 heavy (non-hydrogen) atoms. The molecule has 1 fully saturated rings. The molecule has 1 N–H and O–H groups in total. The van der Waals surface area contributed by atoms with Gasteiger partial charge in [0.1, 0.15) is 0 Å². The highest BCUT2D eigenvalue weighted by atomic mass is 16.5. The zero-order chi connectivity index (χ0) is 16.8. The predicted molar refractivity (Wildman–Crippen MR) is 92.3 cm³/mol. The number of likely N-dealkylation sites (tertiary alicyclic amines) is 1. The molecule has 0 aliphatic carbocycles. The molecule has 2 amide bonds. The van der Waals surface area contributed by atoms with Gasteiger partial charge in [0.25, 0.3) is 0 Å². The summed E-state index contributed by atoms with van der Waals surface area (Å²) >= 11 is 0. The van der Waals surface area contributed by atoms with Crippen molar-refractivity contribution in [2.75, 3.05) is 18.4 Å². The molecule has 0 aromatic carbocycles. The van der Waals surface area contributed by atoms with E-state index in [1.807, 2.05) is 24.0 Å². The van der Waals surface area contributed by atoms with Crippen molar-refractivity contribution in [1.29, 1.82) is 0 Å². The number of hydrogen-bond donors (Lipinski definition) is 1. The van der Waals surface area contributed by atoms with Gasteiger partial charge in [-0.1, -0.05) is 12.8 Å². The second-order valence-electron chi connectivity index (χ2n) is 5.91. The van der Waals surface area contributed by atoms with Crippen molar-refractivity contribution in [3.8, 4) is 11.6 Å². The minimum atomic E-state index is -0.0597. The molecule has 0 saturated carbocycles. The molecule has 1 aliphatic heterocycles. The first kappa shape index (κ1) is 16.2. The van der Waals surface area contributed by atoms with Crippen LogP contribution in [-0.2, 0) is 0 Å². The summed E-state index contributed by atoms with van der Waals surface area (Å²) in [5.41, 5.74) is 1.47. The summed E-state index contributed by atoms with van der Waals surface area (Å²) in [6.45, 7) is 3.52. The van der Waals surface area contributed by atoms with E-state index in [1.165, 1.54) is 12.8 Å². The standard InChI is InChI=1S/C18H22N4O2/c1-14-16(7-6-10-19-14)24-17-9-8-15(13-20-17)21-18(23)22-11-4-2-3-5-12-22/h6-10,13H,2-5,11-12H2,1H3,(H,21,23). The quantitative estimate of drug-likeness (QED) is 0.926. The van der Waals surface area contributed by atoms with Gasteiger partial charge in [0.15, 0.2) is 5.75 Å². The van der Waals surface area contributed by atoms with E-state index >= 15 is 0 Å². The molecule has 1 aliphatic rings. The Kier molecular flexibility index (Phi) is 5.25. The van der Waals surface area contributed by atoms with Crippen LogP contribution in [0.5, 0.6) is 11.6 Å². The number of amides is 2. The lowest BCUT2D eigenvalue weighted by Crippen LogP contribution is -2.35. The van der Waals surface area contributed by atoms with Crippen LogP contribution in [0.15, 0.2) is 36.7 Å². The van der Waals surface area contributed by atoms with E-state index in [1.54, 1.807) is 24.5 Å². The van der Waals surface area contributed by atoms with Crippen LogP contribution < -0.4 is 10.1 Å². The molecular formula is C18H22N4O2. The zero-order valence-corrected chi connectivity index (χ0v) is 13.9. The number of carbonyl (C=O) groups is 1. The summed E-state index contributed by atoms with van der Waals surface area (Å²) in [6.07, 6.45) is 7.87. The topological polar surface area (TPSA) is 67.3 Å². The Hall–Kier alpha value is -2.63. The van der Waals surface area contributed by atoms with Gasteiger partial charge in [-0.25, -0.2) is 9.78 Å². The van der Waals surface area contributed by atoms with E-state index in [0.29, 0.717) is 17.3 Å². The molecule has 3 heterocycles. The van der Waals surface area contributed by atoms with E-state index in [4.69, 9.17) is 4.74 Å². The van der Waals surface area contributed by atoms with Crippen molar-refractivity contribution >= 4 is 11.7 Å². The lowest BCUT2D eigenvalue weighted by atomic mass is 10.2. The molecule has 0 atom stereocenters. The third kappa shape index (κ3) is 4.22. The van der Waals surface area contributed by atoms with Gasteiger partial charge in [0.05, 0.1) is 17.6 Å². The maximum atomic E-state index is 12.3. The molecule has 0 spiro atoms. The predicted octanol–water partition coefficient (Wildman–Crippen LogP) is 3.99. The van der Waals surface area contributed by atoms with Gasteiger partial charge < -0.3 is 15.0 Å². The highest BCUT2D eigenvalue weighted by molar-refractivity contribution is 5.89. The first-order valence-corrected chi connectivity index (χ1v) is 8.34. The highest BCUT2D eigenvalue weighted by Gasteiger charge is 2.15. The number of aryl methyl sites for hydroxylation is 1. The lowest BCUT2D eigenvalue weighted by molar-refractivity contribution is 0.213. The smallest absolute Gasteiger partial charge is 0.321 e. The Morgan fingerprint density at radius 2 is 1.92 bits per heavy atom. The van der Waals surface area contributed by atoms with E-state index in [9.17, 15) is 4.79 Å². The summed E-state index contributed by atoms with van der Waals surface area (Å²) in [6, 6.07) is 7.14. The number of rotatable bonds is 3. The number of nitrogens with one attached hydrogen (secondary N) is 1. The molecule has 0 bridgehead atoms. The second-order valence-corrected chi connectivity index (χ2v) is 5.91. The van der Waals surface area contributed by atoms with Gasteiger partial charge in [-0.2, -0.15) is 0 Å². The highest BCUT2D eigenvalue weighted by Crippen LogP contribution is 2.22. The van der Waals surface area contributed by atoms with Crippen molar-refractivity contribution in [2.45, 2.75) is 32.6 Å². The lowest BCUT2D eigenvalue weighted by Gasteiger charge is -2.20. The average molecular weight is 326 g/mol. The minimum absolute atomic E-state index is 0.0597. The van der Waals surface area contributed by atoms with Crippen LogP contribution in [-0.4, -0.2) is 34.0 Å². The number of aromatic nitrogens is 2. The summed E-state index contributed by atoms with van der Waals surface area (Å²) in [5, 5.41) is 2.90. The number of hydrogen-bond acceptors (Lipinski definition) is 4. The van der Waals surface area contributed by atoms with Gasteiger partial charge in [-0.3, -0.25) is 4.98 Å². The Labute approximate surface area is 141 Å². The number of anilines is 1. The van der Waals surface area contributed by atoms with E-state index in [2.05, 4.69) is 15.3 Å². The summed E-state index contributed by atoms with van der Waals surface area (Å²) in [7, 11) is 0. The fraction of sp³-hybridized carbons (Fsp3) is 0.389. The van der Waals surface area contributed by atoms with Crippen molar-refractivity contribution in [3.05, 3.63) is 42.4 Å². The molecule has 2 aromatic rings.